The number of H-pyrrole nitrogens is 2. The Labute approximate surface area is 114 Å². The number of unbranched alkanes of at least 4 members (excludes halogenated alkanes) is 1. The van der Waals surface area contributed by atoms with Gasteiger partial charge in [-0.3, -0.25) is 5.10 Å². The van der Waals surface area contributed by atoms with Crippen LogP contribution in [0.4, 0.5) is 0 Å². The maximum Gasteiger partial charge on any atom is 0.208 e. The van der Waals surface area contributed by atoms with Crippen LogP contribution in [0.1, 0.15) is 24.4 Å². The van der Waals surface area contributed by atoms with E-state index in [9.17, 15) is 0 Å². The zero-order valence-electron chi connectivity index (χ0n) is 10.4. The molecule has 18 heavy (non-hydrogen) atoms. The molecule has 2 N–H and O–H groups in total. The van der Waals surface area contributed by atoms with E-state index in [1.807, 2.05) is 13.8 Å². The molecule has 0 aliphatic carbocycles. The second kappa shape index (κ2) is 6.79. The molecule has 0 aliphatic heterocycles. The van der Waals surface area contributed by atoms with Crippen molar-refractivity contribution in [2.75, 3.05) is 11.5 Å². The minimum absolute atomic E-state index is 0.840. The van der Waals surface area contributed by atoms with E-state index in [1.54, 1.807) is 23.5 Å². The van der Waals surface area contributed by atoms with Gasteiger partial charge in [0.25, 0.3) is 0 Å². The number of hydrogen-bond donors (Lipinski definition) is 2. The molecule has 0 radical (unpaired) electrons. The first-order chi connectivity index (χ1) is 8.75. The van der Waals surface area contributed by atoms with Gasteiger partial charge < -0.3 is 0 Å². The highest BCUT2D eigenvalue weighted by molar-refractivity contribution is 7.99. The Bertz CT molecular complexity index is 480. The number of aromatic nitrogens is 6. The van der Waals surface area contributed by atoms with Crippen molar-refractivity contribution in [3.05, 3.63) is 11.5 Å². The van der Waals surface area contributed by atoms with E-state index in [0.717, 1.165) is 46.0 Å². The van der Waals surface area contributed by atoms with Gasteiger partial charge in [-0.05, 0) is 32.4 Å². The van der Waals surface area contributed by atoms with Crippen molar-refractivity contribution in [1.82, 2.24) is 30.6 Å². The maximum absolute atomic E-state index is 4.25. The van der Waals surface area contributed by atoms with Crippen molar-refractivity contribution in [2.45, 2.75) is 36.9 Å². The third kappa shape index (κ3) is 4.02. The number of aromatic amines is 2. The number of nitrogens with one attached hydrogen (secondary N) is 2. The Morgan fingerprint density at radius 2 is 1.78 bits per heavy atom. The number of thioether (sulfide) groups is 2. The third-order valence-corrected chi connectivity index (χ3v) is 4.35. The molecule has 0 amide bonds. The largest absolute Gasteiger partial charge is 0.262 e. The fraction of sp³-hybridized carbons (Fsp3) is 0.600. The van der Waals surface area contributed by atoms with E-state index in [-0.39, 0.29) is 0 Å². The van der Waals surface area contributed by atoms with Crippen molar-refractivity contribution >= 4 is 23.5 Å². The summed E-state index contributed by atoms with van der Waals surface area (Å²) in [5, 5.41) is 19.5. The molecule has 0 aliphatic rings. The van der Waals surface area contributed by atoms with E-state index >= 15 is 0 Å². The quantitative estimate of drug-likeness (QED) is 0.599. The van der Waals surface area contributed by atoms with E-state index in [2.05, 4.69) is 30.6 Å². The molecule has 0 atom stereocenters. The summed E-state index contributed by atoms with van der Waals surface area (Å²) in [5.74, 6) is 2.99. The molecule has 0 fully saturated rings. The Morgan fingerprint density at radius 1 is 1.00 bits per heavy atom. The molecule has 0 saturated carbocycles. The Kier molecular flexibility index (Phi) is 5.06. The Morgan fingerprint density at radius 3 is 2.39 bits per heavy atom. The molecule has 8 heteroatoms. The Balaban J connectivity index is 1.55. The minimum atomic E-state index is 0.840. The minimum Gasteiger partial charge on any atom is -0.262 e. The summed E-state index contributed by atoms with van der Waals surface area (Å²) in [7, 11) is 0. The molecule has 2 heterocycles. The van der Waals surface area contributed by atoms with Crippen molar-refractivity contribution in [1.29, 1.82) is 0 Å². The van der Waals surface area contributed by atoms with Gasteiger partial charge in [0, 0.05) is 5.75 Å². The molecular formula is C10H16N6S2. The Hall–Kier alpha value is -1.02. The lowest BCUT2D eigenvalue weighted by atomic mass is 10.4. The number of hydrogen-bond acceptors (Lipinski definition) is 6. The first-order valence-electron chi connectivity index (χ1n) is 5.77. The smallest absolute Gasteiger partial charge is 0.208 e. The molecule has 0 spiro atoms. The molecule has 98 valence electrons. The second-order valence-corrected chi connectivity index (χ2v) is 5.97. The fourth-order valence-electron chi connectivity index (χ4n) is 1.33. The zero-order valence-corrected chi connectivity index (χ0v) is 12.1. The van der Waals surface area contributed by atoms with Gasteiger partial charge in [0.1, 0.15) is 10.9 Å². The normalized spacial score (nSPS) is 11.0. The lowest BCUT2D eigenvalue weighted by Gasteiger charge is -1.98. The van der Waals surface area contributed by atoms with Gasteiger partial charge in [-0.15, -0.1) is 22.0 Å². The van der Waals surface area contributed by atoms with Crippen molar-refractivity contribution in [3.8, 4) is 0 Å². The second-order valence-electron chi connectivity index (χ2n) is 3.82. The van der Waals surface area contributed by atoms with Crippen LogP contribution in [0.5, 0.6) is 0 Å². The van der Waals surface area contributed by atoms with Crippen LogP contribution < -0.4 is 0 Å². The van der Waals surface area contributed by atoms with Gasteiger partial charge in [-0.2, -0.15) is 10.3 Å². The van der Waals surface area contributed by atoms with Crippen molar-refractivity contribution < 1.29 is 0 Å². The summed E-state index contributed by atoms with van der Waals surface area (Å²) in [6.45, 7) is 3.88. The molecule has 6 nitrogen and oxygen atoms in total. The summed E-state index contributed by atoms with van der Waals surface area (Å²) < 4.78 is 0. The summed E-state index contributed by atoms with van der Waals surface area (Å²) >= 11 is 3.45. The first kappa shape index (κ1) is 13.4. The van der Waals surface area contributed by atoms with Crippen LogP contribution in [0, 0.1) is 13.8 Å². The van der Waals surface area contributed by atoms with Crippen LogP contribution in [0.2, 0.25) is 0 Å². The molecule has 0 aromatic carbocycles. The lowest BCUT2D eigenvalue weighted by Crippen LogP contribution is -1.86. The van der Waals surface area contributed by atoms with E-state index in [4.69, 9.17) is 0 Å². The molecule has 2 rings (SSSR count). The van der Waals surface area contributed by atoms with Gasteiger partial charge in [0.15, 0.2) is 0 Å². The molecule has 2 aromatic heterocycles. The van der Waals surface area contributed by atoms with E-state index < -0.39 is 0 Å². The molecule has 0 bridgehead atoms. The van der Waals surface area contributed by atoms with Crippen molar-refractivity contribution in [2.24, 2.45) is 0 Å². The van der Waals surface area contributed by atoms with E-state index in [1.165, 1.54) is 0 Å². The summed E-state index contributed by atoms with van der Waals surface area (Å²) in [5.41, 5.74) is 0.977. The summed E-state index contributed by atoms with van der Waals surface area (Å²) in [6.07, 6.45) is 2.32. The predicted octanol–water partition coefficient (Wildman–Crippen LogP) is 2.20. The van der Waals surface area contributed by atoms with Gasteiger partial charge in [-0.25, -0.2) is 4.98 Å². The number of nitrogens with zero attached hydrogens (tertiary/aromatic N) is 4. The van der Waals surface area contributed by atoms with Crippen LogP contribution in [0.15, 0.2) is 10.2 Å². The molecule has 2 aromatic rings. The first-order valence-corrected chi connectivity index (χ1v) is 7.75. The highest BCUT2D eigenvalue weighted by atomic mass is 32.2. The average molecular weight is 284 g/mol. The predicted molar refractivity (Wildman–Crippen MR) is 72.9 cm³/mol. The number of rotatable bonds is 7. The number of aryl methyl sites for hydroxylation is 2. The highest BCUT2D eigenvalue weighted by Crippen LogP contribution is 2.20. The van der Waals surface area contributed by atoms with Crippen LogP contribution in [0.25, 0.3) is 0 Å². The van der Waals surface area contributed by atoms with E-state index in [0.29, 0.717) is 0 Å². The lowest BCUT2D eigenvalue weighted by molar-refractivity contribution is 0.891. The van der Waals surface area contributed by atoms with Gasteiger partial charge in [0.05, 0.1) is 5.69 Å². The van der Waals surface area contributed by atoms with Gasteiger partial charge >= 0.3 is 0 Å². The fourth-order valence-corrected chi connectivity index (χ4v) is 3.08. The van der Waals surface area contributed by atoms with Gasteiger partial charge in [-0.1, -0.05) is 11.8 Å². The maximum atomic E-state index is 4.25. The average Bonchev–Trinajstić information content (AvgIpc) is 2.93. The molecule has 0 saturated heterocycles. The highest BCUT2D eigenvalue weighted by Gasteiger charge is 2.03. The summed E-state index contributed by atoms with van der Waals surface area (Å²) in [4.78, 5) is 4.25. The van der Waals surface area contributed by atoms with Crippen LogP contribution >= 0.6 is 23.5 Å². The summed E-state index contributed by atoms with van der Waals surface area (Å²) in [6, 6.07) is 0. The third-order valence-electron chi connectivity index (χ3n) is 2.26. The van der Waals surface area contributed by atoms with Crippen LogP contribution in [0.3, 0.4) is 0 Å². The molecule has 0 unspecified atom stereocenters. The standard InChI is InChI=1S/C10H16N6S2/c1-7-9(14-16-12-7)17-5-3-4-6-18-10-11-8(2)13-15-10/h3-6H2,1-2H3,(H,11,13,15)(H,12,14,16). The topological polar surface area (TPSA) is 83.1 Å². The van der Waals surface area contributed by atoms with Crippen molar-refractivity contribution in [3.63, 3.8) is 0 Å². The van der Waals surface area contributed by atoms with Crippen LogP contribution in [-0.2, 0) is 0 Å². The van der Waals surface area contributed by atoms with Gasteiger partial charge in [0.2, 0.25) is 5.16 Å². The zero-order chi connectivity index (χ0) is 12.8. The van der Waals surface area contributed by atoms with Crippen LogP contribution in [-0.4, -0.2) is 42.1 Å². The molecular weight excluding hydrogens is 268 g/mol. The monoisotopic (exact) mass is 284 g/mol. The SMILES string of the molecule is Cc1nc(SCCCCSc2n[nH]nc2C)n[nH]1.